The summed E-state index contributed by atoms with van der Waals surface area (Å²) < 4.78 is 19.3. The van der Waals surface area contributed by atoms with Crippen LogP contribution in [0.2, 0.25) is 0 Å². The van der Waals surface area contributed by atoms with E-state index in [-0.39, 0.29) is 5.60 Å². The van der Waals surface area contributed by atoms with Crippen molar-refractivity contribution >= 4 is 32.8 Å². The van der Waals surface area contributed by atoms with Crippen molar-refractivity contribution in [1.82, 2.24) is 14.9 Å². The van der Waals surface area contributed by atoms with Gasteiger partial charge in [-0.25, -0.2) is 15.0 Å². The highest BCUT2D eigenvalue weighted by Gasteiger charge is 2.54. The van der Waals surface area contributed by atoms with Gasteiger partial charge in [0.25, 0.3) is 6.02 Å². The first-order valence-electron chi connectivity index (χ1n) is 7.36. The Balaban J connectivity index is 1.35. The van der Waals surface area contributed by atoms with E-state index in [4.69, 9.17) is 4.74 Å². The molecule has 2 saturated heterocycles. The summed E-state index contributed by atoms with van der Waals surface area (Å²) in [5, 5.41) is 3.75. The van der Waals surface area contributed by atoms with Gasteiger partial charge in [-0.2, -0.15) is 4.39 Å². The molecule has 114 valence electrons. The first-order valence-corrected chi connectivity index (χ1v) is 8.18. The molecular weight excluding hydrogens is 305 g/mol. The molecule has 22 heavy (non-hydrogen) atoms. The third kappa shape index (κ3) is 1.83. The molecule has 8 heteroatoms. The number of aromatic nitrogens is 2. The lowest BCUT2D eigenvalue weighted by Crippen LogP contribution is -2.46. The number of fused-ring (bicyclic) bond motifs is 4. The van der Waals surface area contributed by atoms with Crippen LogP contribution in [0.3, 0.4) is 0 Å². The normalized spacial score (nSPS) is 32.7. The zero-order valence-electron chi connectivity index (χ0n) is 11.8. The van der Waals surface area contributed by atoms with E-state index in [0.29, 0.717) is 34.0 Å². The molecule has 1 spiro atoms. The molecule has 2 aromatic heterocycles. The van der Waals surface area contributed by atoms with Crippen molar-refractivity contribution in [3.8, 4) is 0 Å². The van der Waals surface area contributed by atoms with Gasteiger partial charge in [0.2, 0.25) is 5.95 Å². The minimum atomic E-state index is -0.493. The summed E-state index contributed by atoms with van der Waals surface area (Å²) in [7, 11) is 0. The zero-order valence-corrected chi connectivity index (χ0v) is 12.6. The summed E-state index contributed by atoms with van der Waals surface area (Å²) in [6.45, 7) is 3.95. The average Bonchev–Trinajstić information content (AvgIpc) is 3.23. The lowest BCUT2D eigenvalue weighted by atomic mass is 9.88. The van der Waals surface area contributed by atoms with E-state index in [2.05, 4.69) is 25.2 Å². The second-order valence-electron chi connectivity index (χ2n) is 6.11. The van der Waals surface area contributed by atoms with Crippen LogP contribution in [-0.2, 0) is 4.74 Å². The van der Waals surface area contributed by atoms with Crippen LogP contribution < -0.4 is 5.32 Å². The van der Waals surface area contributed by atoms with Crippen molar-refractivity contribution in [3.05, 3.63) is 18.1 Å². The number of halogens is 1. The lowest BCUT2D eigenvalue weighted by Gasteiger charge is -2.31. The number of piperidine rings is 1. The predicted octanol–water partition coefficient (Wildman–Crippen LogP) is 1.70. The SMILES string of the molecule is Fc1ccc2nc(NC3=NC[C@@]4(CN5CC[C@H]4C5)O3)sc2n1. The smallest absolute Gasteiger partial charge is 0.291 e. The molecule has 6 nitrogen and oxygen atoms in total. The van der Waals surface area contributed by atoms with Crippen LogP contribution >= 0.6 is 11.3 Å². The van der Waals surface area contributed by atoms with E-state index in [9.17, 15) is 4.39 Å². The van der Waals surface area contributed by atoms with Crippen molar-refractivity contribution in [2.75, 3.05) is 31.5 Å². The Morgan fingerprint density at radius 3 is 3.18 bits per heavy atom. The third-order valence-corrected chi connectivity index (χ3v) is 5.61. The van der Waals surface area contributed by atoms with E-state index in [1.54, 1.807) is 6.07 Å². The minimum absolute atomic E-state index is 0.151. The second kappa shape index (κ2) is 4.36. The molecule has 2 aromatic rings. The number of thiazole rings is 1. The topological polar surface area (TPSA) is 62.6 Å². The molecule has 5 heterocycles. The fourth-order valence-electron chi connectivity index (χ4n) is 3.68. The Bertz CT molecular complexity index is 793. The third-order valence-electron chi connectivity index (χ3n) is 4.73. The standard InChI is InChI=1S/C14H14FN5OS/c15-10-2-1-9-11(18-10)22-13(17-9)19-12-16-6-14(21-12)7-20-4-3-8(14)5-20/h1-2,8H,3-7H2,(H,16,17,19)/t8-,14-/m0/s1. The first kappa shape index (κ1) is 12.7. The maximum Gasteiger partial charge on any atom is 0.291 e. The van der Waals surface area contributed by atoms with Crippen LogP contribution in [0.15, 0.2) is 17.1 Å². The van der Waals surface area contributed by atoms with Crippen molar-refractivity contribution in [1.29, 1.82) is 0 Å². The van der Waals surface area contributed by atoms with E-state index < -0.39 is 5.95 Å². The molecule has 2 fully saturated rings. The number of hydrogen-bond donors (Lipinski definition) is 1. The molecular formula is C14H14FN5OS. The summed E-state index contributed by atoms with van der Waals surface area (Å²) in [5.41, 5.74) is 0.523. The van der Waals surface area contributed by atoms with Gasteiger partial charge in [0.1, 0.15) is 15.9 Å². The van der Waals surface area contributed by atoms with Gasteiger partial charge in [0, 0.05) is 19.0 Å². The maximum atomic E-state index is 13.1. The van der Waals surface area contributed by atoms with Crippen LogP contribution in [-0.4, -0.2) is 52.7 Å². The Kier molecular flexibility index (Phi) is 2.52. The summed E-state index contributed by atoms with van der Waals surface area (Å²) in [4.78, 5) is 15.7. The van der Waals surface area contributed by atoms with E-state index in [0.717, 1.165) is 13.1 Å². The van der Waals surface area contributed by atoms with Crippen LogP contribution in [0.1, 0.15) is 6.42 Å². The van der Waals surface area contributed by atoms with E-state index in [1.165, 1.54) is 30.4 Å². The highest BCUT2D eigenvalue weighted by Crippen LogP contribution is 2.41. The van der Waals surface area contributed by atoms with Crippen molar-refractivity contribution in [2.24, 2.45) is 10.9 Å². The predicted molar refractivity (Wildman–Crippen MR) is 81.7 cm³/mol. The maximum absolute atomic E-state index is 13.1. The highest BCUT2D eigenvalue weighted by atomic mass is 32.1. The summed E-state index contributed by atoms with van der Waals surface area (Å²) >= 11 is 1.30. The molecule has 0 amide bonds. The number of rotatable bonds is 1. The van der Waals surface area contributed by atoms with Gasteiger partial charge in [-0.3, -0.25) is 10.2 Å². The minimum Gasteiger partial charge on any atom is -0.455 e. The number of hydrogen-bond acceptors (Lipinski definition) is 7. The van der Waals surface area contributed by atoms with Crippen molar-refractivity contribution in [3.63, 3.8) is 0 Å². The fourth-order valence-corrected chi connectivity index (χ4v) is 4.49. The molecule has 0 aliphatic carbocycles. The van der Waals surface area contributed by atoms with Gasteiger partial charge in [-0.15, -0.1) is 0 Å². The molecule has 5 rings (SSSR count). The number of anilines is 1. The van der Waals surface area contributed by atoms with Gasteiger partial charge in [0.15, 0.2) is 5.13 Å². The van der Waals surface area contributed by atoms with Gasteiger partial charge in [0.05, 0.1) is 6.54 Å². The van der Waals surface area contributed by atoms with Crippen molar-refractivity contribution < 1.29 is 9.13 Å². The molecule has 2 bridgehead atoms. The van der Waals surface area contributed by atoms with Crippen molar-refractivity contribution in [2.45, 2.75) is 12.0 Å². The monoisotopic (exact) mass is 319 g/mol. The number of pyridine rings is 1. The number of amidine groups is 1. The zero-order chi connectivity index (χ0) is 14.7. The Morgan fingerprint density at radius 1 is 1.41 bits per heavy atom. The van der Waals surface area contributed by atoms with Gasteiger partial charge in [-0.05, 0) is 25.1 Å². The number of nitrogens with one attached hydrogen (secondary N) is 1. The summed E-state index contributed by atoms with van der Waals surface area (Å²) in [6.07, 6.45) is 1.19. The molecule has 0 aromatic carbocycles. The second-order valence-corrected chi connectivity index (χ2v) is 7.09. The van der Waals surface area contributed by atoms with Gasteiger partial charge < -0.3 is 4.74 Å². The van der Waals surface area contributed by atoms with Gasteiger partial charge >= 0.3 is 0 Å². The molecule has 0 radical (unpaired) electrons. The lowest BCUT2D eigenvalue weighted by molar-refractivity contribution is 0.0364. The molecule has 3 aliphatic rings. The number of aliphatic imine (C=N–C) groups is 1. The summed E-state index contributed by atoms with van der Waals surface area (Å²) in [5.74, 6) is 0.0776. The molecule has 3 aliphatic heterocycles. The largest absolute Gasteiger partial charge is 0.455 e. The first-order chi connectivity index (χ1) is 10.7. The van der Waals surface area contributed by atoms with E-state index >= 15 is 0 Å². The molecule has 3 atom stereocenters. The number of nitrogens with zero attached hydrogens (tertiary/aromatic N) is 4. The summed E-state index contributed by atoms with van der Waals surface area (Å²) in [6, 6.07) is 3.46. The fraction of sp³-hybridized carbons (Fsp3) is 0.500. The van der Waals surface area contributed by atoms with Gasteiger partial charge in [-0.1, -0.05) is 11.3 Å². The highest BCUT2D eigenvalue weighted by molar-refractivity contribution is 7.21. The van der Waals surface area contributed by atoms with E-state index in [1.807, 2.05) is 0 Å². The molecule has 1 N–H and O–H groups in total. The Hall–Kier alpha value is -1.80. The van der Waals surface area contributed by atoms with Crippen LogP contribution in [0.25, 0.3) is 10.3 Å². The van der Waals surface area contributed by atoms with Crippen LogP contribution in [0, 0.1) is 11.9 Å². The Labute approximate surface area is 130 Å². The molecule has 0 saturated carbocycles. The van der Waals surface area contributed by atoms with Crippen LogP contribution in [0.4, 0.5) is 9.52 Å². The van der Waals surface area contributed by atoms with Crippen LogP contribution in [0.5, 0.6) is 0 Å². The molecule has 1 unspecified atom stereocenters. The quantitative estimate of drug-likeness (QED) is 0.811. The number of ether oxygens (including phenoxy) is 1. The Morgan fingerprint density at radius 2 is 2.36 bits per heavy atom. The average molecular weight is 319 g/mol.